The number of benzene rings is 5. The van der Waals surface area contributed by atoms with Crippen LogP contribution in [0.4, 0.5) is 8.78 Å². The molecule has 0 unspecified atom stereocenters. The first-order valence-electron chi connectivity index (χ1n) is 16.4. The highest BCUT2D eigenvalue weighted by Gasteiger charge is 2.52. The monoisotopic (exact) mass is 673 g/mol. The molecule has 1 heterocycles. The molecule has 0 saturated heterocycles. The van der Waals surface area contributed by atoms with Crippen molar-refractivity contribution in [1.29, 1.82) is 0 Å². The highest BCUT2D eigenvalue weighted by atomic mass is 19.2. The summed E-state index contributed by atoms with van der Waals surface area (Å²) in [6.45, 7) is 0.461. The zero-order valence-electron chi connectivity index (χ0n) is 27.3. The van der Waals surface area contributed by atoms with Crippen LogP contribution in [0.15, 0.2) is 138 Å². The first kappa shape index (κ1) is 34.2. The Hall–Kier alpha value is -5.64. The molecule has 0 spiro atoms. The first-order valence-corrected chi connectivity index (χ1v) is 16.4. The van der Waals surface area contributed by atoms with Crippen LogP contribution in [0.3, 0.4) is 0 Å². The van der Waals surface area contributed by atoms with Crippen molar-refractivity contribution < 1.29 is 28.2 Å². The van der Waals surface area contributed by atoms with E-state index in [2.05, 4.69) is 10.9 Å². The molecule has 5 aromatic rings. The fourth-order valence-corrected chi connectivity index (χ4v) is 5.72. The molecule has 7 nitrogen and oxygen atoms in total. The number of carbonyl (C=O) groups is 1. The minimum absolute atomic E-state index is 0.0367. The van der Waals surface area contributed by atoms with E-state index >= 15 is 0 Å². The Bertz CT molecular complexity index is 1940. The minimum Gasteiger partial charge on any atom is -0.494 e. The number of hydrogen-bond donors (Lipinski definition) is 3. The van der Waals surface area contributed by atoms with Gasteiger partial charge in [-0.25, -0.2) is 19.2 Å². The quantitative estimate of drug-likeness (QED) is 0.0836. The molecule has 254 valence electrons. The van der Waals surface area contributed by atoms with Gasteiger partial charge in [0.1, 0.15) is 5.75 Å². The number of hydrazine groups is 1. The standard InChI is InChI=1S/C41H37F2N3O4/c42-36-23-14-30(27-37(36)43)28-44-46-40(48)41(24-7-11-29-9-3-1-4-10-29)38(33-17-15-32(16-18-33)31-12-5-2-6-13-31)50-39(45-41)34-19-21-35(22-20-34)49-26-8-25-47/h1-7,9-23,27,38,44,47H,8,24-26,28H2,(H,46,48)/b11-7+/t38-,41-/m0/s1. The summed E-state index contributed by atoms with van der Waals surface area (Å²) in [5.41, 5.74) is 9.06. The zero-order valence-corrected chi connectivity index (χ0v) is 27.3. The molecular formula is C41H37F2N3O4. The smallest absolute Gasteiger partial charge is 0.266 e. The maximum Gasteiger partial charge on any atom is 0.266 e. The van der Waals surface area contributed by atoms with E-state index in [0.717, 1.165) is 34.4 Å². The van der Waals surface area contributed by atoms with Gasteiger partial charge in [0.2, 0.25) is 5.90 Å². The molecule has 0 aliphatic carbocycles. The molecule has 9 heteroatoms. The summed E-state index contributed by atoms with van der Waals surface area (Å²) in [5.74, 6) is -1.47. The van der Waals surface area contributed by atoms with E-state index in [4.69, 9.17) is 19.6 Å². The van der Waals surface area contributed by atoms with Crippen LogP contribution in [0, 0.1) is 11.6 Å². The number of nitrogens with zero attached hydrogens (tertiary/aromatic N) is 1. The molecule has 0 aromatic heterocycles. The van der Waals surface area contributed by atoms with Gasteiger partial charge in [0.05, 0.1) is 6.61 Å². The number of halogens is 2. The van der Waals surface area contributed by atoms with Crippen LogP contribution < -0.4 is 15.6 Å². The van der Waals surface area contributed by atoms with Gasteiger partial charge in [-0.1, -0.05) is 103 Å². The van der Waals surface area contributed by atoms with Crippen LogP contribution in [-0.2, 0) is 16.1 Å². The van der Waals surface area contributed by atoms with Crippen molar-refractivity contribution in [3.63, 3.8) is 0 Å². The van der Waals surface area contributed by atoms with Crippen LogP contribution >= 0.6 is 0 Å². The molecule has 3 N–H and O–H groups in total. The minimum atomic E-state index is -1.47. The summed E-state index contributed by atoms with van der Waals surface area (Å²) >= 11 is 0. The van der Waals surface area contributed by atoms with Crippen molar-refractivity contribution in [3.05, 3.63) is 167 Å². The van der Waals surface area contributed by atoms with E-state index in [1.807, 2.05) is 109 Å². The number of rotatable bonds is 14. The Morgan fingerprint density at radius 1 is 0.840 bits per heavy atom. The van der Waals surface area contributed by atoms with Crippen LogP contribution in [0.1, 0.15) is 41.2 Å². The van der Waals surface area contributed by atoms with Crippen molar-refractivity contribution >= 4 is 17.9 Å². The van der Waals surface area contributed by atoms with Gasteiger partial charge in [0.25, 0.3) is 5.91 Å². The summed E-state index contributed by atoms with van der Waals surface area (Å²) in [7, 11) is 0. The Morgan fingerprint density at radius 2 is 1.52 bits per heavy atom. The number of hydrogen-bond acceptors (Lipinski definition) is 6. The van der Waals surface area contributed by atoms with Gasteiger partial charge >= 0.3 is 0 Å². The molecule has 1 amide bonds. The number of ether oxygens (including phenoxy) is 2. The number of amides is 1. The molecule has 1 aliphatic rings. The van der Waals surface area contributed by atoms with E-state index in [9.17, 15) is 13.6 Å². The Balaban J connectivity index is 1.35. The van der Waals surface area contributed by atoms with Crippen LogP contribution in [0.2, 0.25) is 0 Å². The Morgan fingerprint density at radius 3 is 2.22 bits per heavy atom. The van der Waals surface area contributed by atoms with E-state index < -0.39 is 29.2 Å². The van der Waals surface area contributed by atoms with Gasteiger partial charge in [-0.05, 0) is 64.2 Å². The second-order valence-corrected chi connectivity index (χ2v) is 11.9. The lowest BCUT2D eigenvalue weighted by molar-refractivity contribution is -0.129. The lowest BCUT2D eigenvalue weighted by Crippen LogP contribution is -2.52. The number of aliphatic hydroxyl groups excluding tert-OH is 1. The molecule has 1 aliphatic heterocycles. The average molecular weight is 674 g/mol. The fourth-order valence-electron chi connectivity index (χ4n) is 5.72. The summed E-state index contributed by atoms with van der Waals surface area (Å²) in [6.07, 6.45) is 3.71. The third-order valence-corrected chi connectivity index (χ3v) is 8.37. The zero-order chi connectivity index (χ0) is 34.8. The van der Waals surface area contributed by atoms with E-state index in [-0.39, 0.29) is 25.5 Å². The van der Waals surface area contributed by atoms with Crippen molar-refractivity contribution in [2.24, 2.45) is 4.99 Å². The molecule has 2 atom stereocenters. The second kappa shape index (κ2) is 16.2. The largest absolute Gasteiger partial charge is 0.494 e. The van der Waals surface area contributed by atoms with Crippen molar-refractivity contribution in [2.75, 3.05) is 13.2 Å². The molecule has 0 bridgehead atoms. The van der Waals surface area contributed by atoms with Gasteiger partial charge in [0, 0.05) is 31.6 Å². The molecule has 0 radical (unpaired) electrons. The van der Waals surface area contributed by atoms with Gasteiger partial charge < -0.3 is 14.6 Å². The van der Waals surface area contributed by atoms with Crippen molar-refractivity contribution in [3.8, 4) is 16.9 Å². The van der Waals surface area contributed by atoms with Gasteiger partial charge in [-0.15, -0.1) is 0 Å². The van der Waals surface area contributed by atoms with Crippen molar-refractivity contribution in [2.45, 2.75) is 31.0 Å². The summed E-state index contributed by atoms with van der Waals surface area (Å²) < 4.78 is 39.7. The summed E-state index contributed by atoms with van der Waals surface area (Å²) in [5, 5.41) is 9.09. The summed E-state index contributed by atoms with van der Waals surface area (Å²) in [4.78, 5) is 19.4. The lowest BCUT2D eigenvalue weighted by atomic mass is 9.84. The van der Waals surface area contributed by atoms with Gasteiger partial charge in [0.15, 0.2) is 23.3 Å². The Kier molecular flexibility index (Phi) is 11.1. The molecule has 0 saturated carbocycles. The highest BCUT2D eigenvalue weighted by molar-refractivity contribution is 6.01. The predicted octanol–water partition coefficient (Wildman–Crippen LogP) is 7.57. The van der Waals surface area contributed by atoms with E-state index in [1.54, 1.807) is 12.1 Å². The lowest BCUT2D eigenvalue weighted by Gasteiger charge is -2.30. The average Bonchev–Trinajstić information content (AvgIpc) is 3.55. The predicted molar refractivity (Wildman–Crippen MR) is 190 cm³/mol. The molecular weight excluding hydrogens is 636 g/mol. The molecule has 0 fully saturated rings. The van der Waals surface area contributed by atoms with Crippen LogP contribution in [-0.4, -0.2) is 35.7 Å². The highest BCUT2D eigenvalue weighted by Crippen LogP contribution is 2.43. The summed E-state index contributed by atoms with van der Waals surface area (Å²) in [6, 6.07) is 38.4. The van der Waals surface area contributed by atoms with Crippen LogP contribution in [0.5, 0.6) is 5.75 Å². The third kappa shape index (κ3) is 8.14. The fraction of sp³-hybridized carbons (Fsp3) is 0.171. The van der Waals surface area contributed by atoms with Crippen molar-refractivity contribution in [1.82, 2.24) is 10.9 Å². The number of aliphatic hydroxyl groups is 1. The molecule has 5 aromatic carbocycles. The number of carbonyl (C=O) groups excluding carboxylic acids is 1. The molecule has 50 heavy (non-hydrogen) atoms. The van der Waals surface area contributed by atoms with Crippen LogP contribution in [0.25, 0.3) is 17.2 Å². The number of aliphatic imine (C=N–C) groups is 1. The Labute approximate surface area is 289 Å². The molecule has 6 rings (SSSR count). The van der Waals surface area contributed by atoms with E-state index in [0.29, 0.717) is 29.9 Å². The maximum absolute atomic E-state index is 14.4. The van der Waals surface area contributed by atoms with Gasteiger partial charge in [-0.3, -0.25) is 10.2 Å². The first-order chi connectivity index (χ1) is 24.4. The number of nitrogens with one attached hydrogen (secondary N) is 2. The maximum atomic E-state index is 14.4. The topological polar surface area (TPSA) is 92.2 Å². The van der Waals surface area contributed by atoms with Gasteiger partial charge in [-0.2, -0.15) is 0 Å². The normalized spacial score (nSPS) is 16.9. The third-order valence-electron chi connectivity index (χ3n) is 8.37. The SMILES string of the molecule is O=C(NNCc1ccc(F)c(F)c1)[C@@]1(C/C=C/c2ccccc2)N=C(c2ccc(OCCCO)cc2)O[C@H]1c1ccc(-c2ccccc2)cc1. The van der Waals surface area contributed by atoms with E-state index in [1.165, 1.54) is 6.07 Å². The second-order valence-electron chi connectivity index (χ2n) is 11.9.